The smallest absolute Gasteiger partial charge is 0.138 e. The summed E-state index contributed by atoms with van der Waals surface area (Å²) in [5, 5.41) is 0. The molecule has 0 N–H and O–H groups in total. The second-order valence-corrected chi connectivity index (χ2v) is 10.3. The van der Waals surface area contributed by atoms with Crippen LogP contribution in [0.2, 0.25) is 0 Å². The number of carbonyl (C=O) groups is 2. The third-order valence-electron chi connectivity index (χ3n) is 9.09. The van der Waals surface area contributed by atoms with E-state index in [1.165, 1.54) is 37.8 Å². The first-order valence-electron chi connectivity index (χ1n) is 10.9. The number of fused-ring (bicyclic) bond motifs is 5. The molecule has 144 valence electrons. The number of rotatable bonds is 4. The van der Waals surface area contributed by atoms with Crippen molar-refractivity contribution in [2.75, 3.05) is 6.54 Å². The van der Waals surface area contributed by atoms with Crippen LogP contribution in [0.4, 0.5) is 0 Å². The van der Waals surface area contributed by atoms with Crippen LogP contribution < -0.4 is 0 Å². The Morgan fingerprint density at radius 1 is 1.19 bits per heavy atom. The van der Waals surface area contributed by atoms with Crippen LogP contribution in [0.3, 0.4) is 0 Å². The van der Waals surface area contributed by atoms with Gasteiger partial charge in [-0.3, -0.25) is 9.79 Å². The van der Waals surface area contributed by atoms with Crippen LogP contribution in [-0.4, -0.2) is 24.3 Å². The van der Waals surface area contributed by atoms with Gasteiger partial charge in [-0.2, -0.15) is 0 Å². The molecule has 3 nitrogen and oxygen atoms in total. The van der Waals surface area contributed by atoms with E-state index in [1.807, 2.05) is 0 Å². The van der Waals surface area contributed by atoms with E-state index in [-0.39, 0.29) is 11.3 Å². The lowest BCUT2D eigenvalue weighted by Gasteiger charge is -2.56. The normalized spacial score (nSPS) is 46.0. The van der Waals surface area contributed by atoms with Gasteiger partial charge in [0, 0.05) is 36.4 Å². The summed E-state index contributed by atoms with van der Waals surface area (Å²) in [5.74, 6) is 3.61. The van der Waals surface area contributed by atoms with Crippen molar-refractivity contribution in [3.8, 4) is 0 Å². The van der Waals surface area contributed by atoms with E-state index < -0.39 is 0 Å². The van der Waals surface area contributed by atoms with Crippen molar-refractivity contribution in [3.05, 3.63) is 0 Å². The SMILES string of the molecule is CC(C=O)CCC1CC[C@H]2[C@@H]3CN=C4CC(=O)CC[C@]4(C)[C@@H]3CC[C@]12C. The lowest BCUT2D eigenvalue weighted by atomic mass is 9.49. The Morgan fingerprint density at radius 3 is 2.77 bits per heavy atom. The first-order valence-corrected chi connectivity index (χ1v) is 10.9. The van der Waals surface area contributed by atoms with Gasteiger partial charge in [0.15, 0.2) is 0 Å². The summed E-state index contributed by atoms with van der Waals surface area (Å²) in [4.78, 5) is 28.0. The number of ketones is 1. The van der Waals surface area contributed by atoms with E-state index in [2.05, 4.69) is 20.8 Å². The number of aliphatic imine (C=N–C) groups is 1. The summed E-state index contributed by atoms with van der Waals surface area (Å²) in [6.45, 7) is 7.97. The molecule has 0 amide bonds. The van der Waals surface area contributed by atoms with Gasteiger partial charge in [-0.05, 0) is 74.0 Å². The van der Waals surface area contributed by atoms with Gasteiger partial charge in [-0.15, -0.1) is 0 Å². The van der Waals surface area contributed by atoms with Crippen LogP contribution in [0.25, 0.3) is 0 Å². The monoisotopic (exact) mass is 357 g/mol. The molecular formula is C23H35NO2. The summed E-state index contributed by atoms with van der Waals surface area (Å²) in [6, 6.07) is 0. The molecule has 26 heavy (non-hydrogen) atoms. The number of hydrogen-bond acceptors (Lipinski definition) is 3. The predicted molar refractivity (Wildman–Crippen MR) is 104 cm³/mol. The fraction of sp³-hybridized carbons (Fsp3) is 0.870. The van der Waals surface area contributed by atoms with E-state index in [0.29, 0.717) is 23.5 Å². The fourth-order valence-corrected chi connectivity index (χ4v) is 7.32. The maximum absolute atomic E-state index is 11.9. The standard InChI is InChI=1S/C23H35NO2/c1-15(14-25)4-5-16-6-7-19-18-13-24-21-12-17(26)8-10-23(21,3)20(18)9-11-22(16,19)2/h14-16,18-20H,4-13H2,1-3H3/t15?,16?,18-,19-,20+,22+,23+/m0/s1. The molecule has 0 saturated heterocycles. The van der Waals surface area contributed by atoms with Gasteiger partial charge in [0.25, 0.3) is 0 Å². The number of hydrogen-bond donors (Lipinski definition) is 0. The first-order chi connectivity index (χ1) is 12.4. The second-order valence-electron chi connectivity index (χ2n) is 10.3. The van der Waals surface area contributed by atoms with Gasteiger partial charge >= 0.3 is 0 Å². The van der Waals surface area contributed by atoms with Crippen molar-refractivity contribution in [1.82, 2.24) is 0 Å². The average Bonchev–Trinajstić information content (AvgIpc) is 2.96. The number of Topliss-reactive ketones (excluding diaryl/α,β-unsaturated/α-hetero) is 1. The Balaban J connectivity index is 1.54. The zero-order chi connectivity index (χ0) is 18.5. The van der Waals surface area contributed by atoms with Gasteiger partial charge in [0.05, 0.1) is 0 Å². The van der Waals surface area contributed by atoms with Crippen molar-refractivity contribution >= 4 is 17.8 Å². The molecule has 2 unspecified atom stereocenters. The summed E-state index contributed by atoms with van der Waals surface area (Å²) in [5.41, 5.74) is 1.85. The molecule has 0 aromatic heterocycles. The molecule has 0 aromatic carbocycles. The molecule has 0 bridgehead atoms. The summed E-state index contributed by atoms with van der Waals surface area (Å²) in [7, 11) is 0. The van der Waals surface area contributed by atoms with Gasteiger partial charge in [0.2, 0.25) is 0 Å². The Labute approximate surface area is 158 Å². The Morgan fingerprint density at radius 2 is 2.00 bits per heavy atom. The van der Waals surface area contributed by atoms with E-state index in [4.69, 9.17) is 4.99 Å². The largest absolute Gasteiger partial charge is 0.303 e. The topological polar surface area (TPSA) is 46.5 Å². The van der Waals surface area contributed by atoms with Crippen LogP contribution in [0, 0.1) is 40.4 Å². The third kappa shape index (κ3) is 2.72. The summed E-state index contributed by atoms with van der Waals surface area (Å²) in [6.07, 6.45) is 11.1. The second kappa shape index (κ2) is 6.56. The van der Waals surface area contributed by atoms with Gasteiger partial charge in [0.1, 0.15) is 12.1 Å². The first kappa shape index (κ1) is 18.4. The van der Waals surface area contributed by atoms with Crippen molar-refractivity contribution in [2.45, 2.75) is 78.6 Å². The molecule has 1 aliphatic heterocycles. The van der Waals surface area contributed by atoms with E-state index in [1.54, 1.807) is 0 Å². The molecule has 1 heterocycles. The maximum atomic E-state index is 11.9. The molecule has 3 saturated carbocycles. The van der Waals surface area contributed by atoms with E-state index in [0.717, 1.165) is 49.8 Å². The molecule has 0 aromatic rings. The molecule has 4 rings (SSSR count). The maximum Gasteiger partial charge on any atom is 0.138 e. The van der Waals surface area contributed by atoms with E-state index in [9.17, 15) is 9.59 Å². The lowest BCUT2D eigenvalue weighted by Crippen LogP contribution is -2.54. The zero-order valence-electron chi connectivity index (χ0n) is 16.8. The number of carbonyl (C=O) groups excluding carboxylic acids is 2. The Kier molecular flexibility index (Phi) is 4.64. The molecular weight excluding hydrogens is 322 g/mol. The molecule has 7 atom stereocenters. The quantitative estimate of drug-likeness (QED) is 0.674. The average molecular weight is 358 g/mol. The minimum atomic E-state index is 0.183. The molecule has 3 fully saturated rings. The zero-order valence-corrected chi connectivity index (χ0v) is 16.8. The minimum Gasteiger partial charge on any atom is -0.303 e. The van der Waals surface area contributed by atoms with Crippen molar-refractivity contribution in [1.29, 1.82) is 0 Å². The van der Waals surface area contributed by atoms with Crippen molar-refractivity contribution in [2.24, 2.45) is 45.4 Å². The van der Waals surface area contributed by atoms with Crippen molar-refractivity contribution < 1.29 is 9.59 Å². The van der Waals surface area contributed by atoms with Gasteiger partial charge < -0.3 is 4.79 Å². The highest BCUT2D eigenvalue weighted by molar-refractivity contribution is 6.07. The fourth-order valence-electron chi connectivity index (χ4n) is 7.32. The van der Waals surface area contributed by atoms with Gasteiger partial charge in [-0.25, -0.2) is 0 Å². The molecule has 0 spiro atoms. The predicted octanol–water partition coefficient (Wildman–Crippen LogP) is 4.87. The minimum absolute atomic E-state index is 0.183. The number of aldehydes is 1. The van der Waals surface area contributed by atoms with Crippen LogP contribution in [0.15, 0.2) is 4.99 Å². The van der Waals surface area contributed by atoms with Gasteiger partial charge in [-0.1, -0.05) is 20.8 Å². The Hall–Kier alpha value is -0.990. The van der Waals surface area contributed by atoms with Crippen molar-refractivity contribution in [3.63, 3.8) is 0 Å². The number of nitrogens with zero attached hydrogens (tertiary/aromatic N) is 1. The van der Waals surface area contributed by atoms with Crippen LogP contribution >= 0.6 is 0 Å². The van der Waals surface area contributed by atoms with Crippen LogP contribution in [-0.2, 0) is 9.59 Å². The molecule has 4 aliphatic rings. The molecule has 3 heteroatoms. The summed E-state index contributed by atoms with van der Waals surface area (Å²) >= 11 is 0. The lowest BCUT2D eigenvalue weighted by molar-refractivity contribution is -0.120. The highest BCUT2D eigenvalue weighted by Gasteiger charge is 2.58. The van der Waals surface area contributed by atoms with Crippen LogP contribution in [0.5, 0.6) is 0 Å². The van der Waals surface area contributed by atoms with Crippen LogP contribution in [0.1, 0.15) is 78.6 Å². The highest BCUT2D eigenvalue weighted by Crippen LogP contribution is 2.64. The Bertz CT molecular complexity index is 626. The molecule has 0 radical (unpaired) electrons. The summed E-state index contributed by atoms with van der Waals surface area (Å²) < 4.78 is 0. The highest BCUT2D eigenvalue weighted by atomic mass is 16.1. The molecule has 3 aliphatic carbocycles. The van der Waals surface area contributed by atoms with E-state index >= 15 is 0 Å². The third-order valence-corrected chi connectivity index (χ3v) is 9.09.